The van der Waals surface area contributed by atoms with Gasteiger partial charge in [0.25, 0.3) is 0 Å². The van der Waals surface area contributed by atoms with Crippen LogP contribution in [0.1, 0.15) is 10.6 Å². The second kappa shape index (κ2) is 4.71. The predicted molar refractivity (Wildman–Crippen MR) is 78.2 cm³/mol. The van der Waals surface area contributed by atoms with Crippen LogP contribution in [0.25, 0.3) is 10.2 Å². The molecule has 0 amide bonds. The maximum atomic E-state index is 9.44. The molecule has 0 aliphatic rings. The highest BCUT2D eigenvalue weighted by atomic mass is 79.9. The summed E-state index contributed by atoms with van der Waals surface area (Å²) in [6.07, 6.45) is 0.755. The summed E-state index contributed by atoms with van der Waals surface area (Å²) in [6.45, 7) is 0. The van der Waals surface area contributed by atoms with Gasteiger partial charge in [0.1, 0.15) is 5.75 Å². The van der Waals surface area contributed by atoms with Crippen LogP contribution in [-0.2, 0) is 6.42 Å². The van der Waals surface area contributed by atoms with Crippen LogP contribution >= 0.6 is 27.3 Å². The van der Waals surface area contributed by atoms with Crippen LogP contribution in [-0.4, -0.2) is 10.1 Å². The van der Waals surface area contributed by atoms with E-state index >= 15 is 0 Å². The predicted octanol–water partition coefficient (Wildman–Crippen LogP) is 4.36. The second-order valence-electron chi connectivity index (χ2n) is 4.07. The van der Waals surface area contributed by atoms with Gasteiger partial charge in [-0.05, 0) is 35.9 Å². The molecule has 0 aliphatic carbocycles. The number of halogens is 1. The molecule has 1 N–H and O–H groups in total. The van der Waals surface area contributed by atoms with E-state index in [9.17, 15) is 5.11 Å². The minimum atomic E-state index is 0.302. The number of fused-ring (bicyclic) bond motifs is 1. The quantitative estimate of drug-likeness (QED) is 0.761. The normalized spacial score (nSPS) is 10.9. The molecule has 0 atom stereocenters. The first kappa shape index (κ1) is 11.7. The first-order chi connectivity index (χ1) is 8.70. The molecule has 90 valence electrons. The van der Waals surface area contributed by atoms with Gasteiger partial charge in [-0.1, -0.05) is 28.1 Å². The number of hydrogen-bond donors (Lipinski definition) is 1. The third-order valence-corrected chi connectivity index (χ3v) is 4.17. The minimum Gasteiger partial charge on any atom is -0.508 e. The minimum absolute atomic E-state index is 0.302. The average molecular weight is 320 g/mol. The molecule has 0 radical (unpaired) electrons. The van der Waals surface area contributed by atoms with E-state index in [4.69, 9.17) is 0 Å². The van der Waals surface area contributed by atoms with E-state index in [-0.39, 0.29) is 0 Å². The Hall–Kier alpha value is -1.39. The van der Waals surface area contributed by atoms with Crippen molar-refractivity contribution < 1.29 is 5.11 Å². The van der Waals surface area contributed by atoms with Crippen LogP contribution in [0, 0.1) is 0 Å². The topological polar surface area (TPSA) is 33.1 Å². The van der Waals surface area contributed by atoms with Crippen LogP contribution in [0.2, 0.25) is 0 Å². The third kappa shape index (κ3) is 2.40. The molecule has 3 aromatic rings. The highest BCUT2D eigenvalue weighted by molar-refractivity contribution is 9.10. The van der Waals surface area contributed by atoms with Crippen LogP contribution < -0.4 is 0 Å². The lowest BCUT2D eigenvalue weighted by Gasteiger charge is -1.98. The summed E-state index contributed by atoms with van der Waals surface area (Å²) in [4.78, 5) is 4.59. The molecule has 0 saturated carbocycles. The molecule has 2 aromatic carbocycles. The number of thiazole rings is 1. The van der Waals surface area contributed by atoms with Gasteiger partial charge in [-0.25, -0.2) is 4.98 Å². The van der Waals surface area contributed by atoms with Gasteiger partial charge in [0.05, 0.1) is 15.2 Å². The van der Waals surface area contributed by atoms with E-state index in [0.29, 0.717) is 5.75 Å². The highest BCUT2D eigenvalue weighted by Crippen LogP contribution is 2.27. The Bertz CT molecular complexity index is 708. The van der Waals surface area contributed by atoms with Crippen LogP contribution in [0.3, 0.4) is 0 Å². The van der Waals surface area contributed by atoms with E-state index in [1.54, 1.807) is 23.5 Å². The van der Waals surface area contributed by atoms with Crippen molar-refractivity contribution in [1.82, 2.24) is 4.98 Å². The largest absolute Gasteiger partial charge is 0.508 e. The molecule has 1 aromatic heterocycles. The SMILES string of the molecule is Oc1cccc(Cc2nc3ccc(Br)cc3s2)c1. The van der Waals surface area contributed by atoms with Crippen LogP contribution in [0.15, 0.2) is 46.9 Å². The first-order valence-electron chi connectivity index (χ1n) is 5.53. The standard InChI is InChI=1S/C14H10BrNOS/c15-10-4-5-12-13(8-10)18-14(16-12)7-9-2-1-3-11(17)6-9/h1-6,8,17H,7H2. The zero-order valence-electron chi connectivity index (χ0n) is 9.43. The zero-order valence-corrected chi connectivity index (χ0v) is 11.8. The summed E-state index contributed by atoms with van der Waals surface area (Å²) < 4.78 is 2.25. The molecule has 0 spiro atoms. The number of hydrogen-bond acceptors (Lipinski definition) is 3. The Kier molecular flexibility index (Phi) is 3.06. The van der Waals surface area contributed by atoms with Gasteiger partial charge in [-0.15, -0.1) is 11.3 Å². The van der Waals surface area contributed by atoms with Crippen molar-refractivity contribution in [2.24, 2.45) is 0 Å². The molecule has 0 fully saturated rings. The van der Waals surface area contributed by atoms with Crippen molar-refractivity contribution in [1.29, 1.82) is 0 Å². The molecule has 0 saturated heterocycles. The number of nitrogens with zero attached hydrogens (tertiary/aromatic N) is 1. The van der Waals surface area contributed by atoms with Gasteiger partial charge in [-0.2, -0.15) is 0 Å². The van der Waals surface area contributed by atoms with Crippen molar-refractivity contribution in [3.8, 4) is 5.75 Å². The van der Waals surface area contributed by atoms with Gasteiger partial charge < -0.3 is 5.11 Å². The monoisotopic (exact) mass is 319 g/mol. The Morgan fingerprint density at radius 1 is 1.17 bits per heavy atom. The van der Waals surface area contributed by atoms with Crippen LogP contribution in [0.4, 0.5) is 0 Å². The van der Waals surface area contributed by atoms with Crippen LogP contribution in [0.5, 0.6) is 5.75 Å². The summed E-state index contributed by atoms with van der Waals surface area (Å²) in [5.41, 5.74) is 2.10. The van der Waals surface area contributed by atoms with E-state index in [1.807, 2.05) is 24.3 Å². The summed E-state index contributed by atoms with van der Waals surface area (Å²) in [5, 5.41) is 10.5. The Labute approximate surface area is 117 Å². The lowest BCUT2D eigenvalue weighted by atomic mass is 10.1. The number of rotatable bonds is 2. The van der Waals surface area contributed by atoms with Crippen molar-refractivity contribution in [3.63, 3.8) is 0 Å². The average Bonchev–Trinajstić information content (AvgIpc) is 2.70. The number of phenolic OH excluding ortho intramolecular Hbond substituents is 1. The molecule has 4 heteroatoms. The molecule has 3 rings (SSSR count). The van der Waals surface area contributed by atoms with E-state index in [0.717, 1.165) is 27.0 Å². The van der Waals surface area contributed by atoms with E-state index in [1.165, 1.54) is 4.70 Å². The summed E-state index contributed by atoms with van der Waals surface area (Å²) >= 11 is 5.15. The maximum Gasteiger partial charge on any atom is 0.115 e. The summed E-state index contributed by atoms with van der Waals surface area (Å²) in [6, 6.07) is 13.4. The maximum absolute atomic E-state index is 9.44. The third-order valence-electron chi connectivity index (χ3n) is 2.66. The molecule has 0 bridgehead atoms. The number of phenols is 1. The Morgan fingerprint density at radius 3 is 2.89 bits per heavy atom. The Morgan fingerprint density at radius 2 is 2.06 bits per heavy atom. The first-order valence-corrected chi connectivity index (χ1v) is 7.14. The van der Waals surface area contributed by atoms with Crippen molar-refractivity contribution >= 4 is 37.5 Å². The molecular formula is C14H10BrNOS. The van der Waals surface area contributed by atoms with Crippen molar-refractivity contribution in [3.05, 3.63) is 57.5 Å². The van der Waals surface area contributed by atoms with Gasteiger partial charge >= 0.3 is 0 Å². The van der Waals surface area contributed by atoms with Crippen molar-refractivity contribution in [2.75, 3.05) is 0 Å². The fourth-order valence-electron chi connectivity index (χ4n) is 1.86. The van der Waals surface area contributed by atoms with Gasteiger partial charge in [0, 0.05) is 10.9 Å². The molecule has 18 heavy (non-hydrogen) atoms. The summed E-state index contributed by atoms with van der Waals surface area (Å²) in [5.74, 6) is 0.302. The van der Waals surface area contributed by atoms with E-state index < -0.39 is 0 Å². The molecule has 0 aliphatic heterocycles. The van der Waals surface area contributed by atoms with Gasteiger partial charge in [0.15, 0.2) is 0 Å². The molecule has 1 heterocycles. The lowest BCUT2D eigenvalue weighted by molar-refractivity contribution is 0.474. The zero-order chi connectivity index (χ0) is 12.5. The number of aromatic hydroxyl groups is 1. The molecule has 2 nitrogen and oxygen atoms in total. The fourth-order valence-corrected chi connectivity index (χ4v) is 3.42. The van der Waals surface area contributed by atoms with Gasteiger partial charge in [-0.3, -0.25) is 0 Å². The fraction of sp³-hybridized carbons (Fsp3) is 0.0714. The van der Waals surface area contributed by atoms with Gasteiger partial charge in [0.2, 0.25) is 0 Å². The van der Waals surface area contributed by atoms with E-state index in [2.05, 4.69) is 27.0 Å². The van der Waals surface area contributed by atoms with Crippen molar-refractivity contribution in [2.45, 2.75) is 6.42 Å². The molecular weight excluding hydrogens is 310 g/mol. The number of benzene rings is 2. The summed E-state index contributed by atoms with van der Waals surface area (Å²) in [7, 11) is 0. The highest BCUT2D eigenvalue weighted by Gasteiger charge is 2.05. The lowest BCUT2D eigenvalue weighted by Crippen LogP contribution is -1.85. The second-order valence-corrected chi connectivity index (χ2v) is 6.10. The number of aromatic nitrogens is 1. The smallest absolute Gasteiger partial charge is 0.115 e. The Balaban J connectivity index is 1.95. The molecule has 0 unspecified atom stereocenters.